The molecule has 0 spiro atoms. The van der Waals surface area contributed by atoms with Crippen LogP contribution in [0.25, 0.3) is 0 Å². The molecule has 2 unspecified atom stereocenters. The Morgan fingerprint density at radius 2 is 2.00 bits per heavy atom. The van der Waals surface area contributed by atoms with Gasteiger partial charge in [-0.2, -0.15) is 0 Å². The first-order chi connectivity index (χ1) is 8.97. The Hall–Kier alpha value is -1.84. The van der Waals surface area contributed by atoms with Crippen molar-refractivity contribution in [2.75, 3.05) is 5.32 Å². The third-order valence-electron chi connectivity index (χ3n) is 3.26. The zero-order valence-electron chi connectivity index (χ0n) is 11.6. The Balaban J connectivity index is 2.02. The summed E-state index contributed by atoms with van der Waals surface area (Å²) in [5, 5.41) is 5.69. The smallest absolute Gasteiger partial charge is 0.251 e. The van der Waals surface area contributed by atoms with Crippen molar-refractivity contribution in [2.24, 2.45) is 11.8 Å². The normalized spacial score (nSPS) is 21.1. The summed E-state index contributed by atoms with van der Waals surface area (Å²) in [7, 11) is 0. The second-order valence-electron chi connectivity index (χ2n) is 5.52. The van der Waals surface area contributed by atoms with Gasteiger partial charge in [-0.05, 0) is 44.4 Å². The molecule has 1 fully saturated rings. The predicted octanol–water partition coefficient (Wildman–Crippen LogP) is 2.42. The second kappa shape index (κ2) is 5.43. The molecule has 2 amide bonds. The molecule has 1 aromatic rings. The molecule has 1 saturated carbocycles. The van der Waals surface area contributed by atoms with Crippen molar-refractivity contribution in [3.8, 4) is 0 Å². The van der Waals surface area contributed by atoms with Crippen LogP contribution in [0.4, 0.5) is 5.69 Å². The van der Waals surface area contributed by atoms with E-state index in [4.69, 9.17) is 0 Å². The van der Waals surface area contributed by atoms with Crippen LogP contribution in [0.2, 0.25) is 0 Å². The molecule has 19 heavy (non-hydrogen) atoms. The van der Waals surface area contributed by atoms with Crippen LogP contribution >= 0.6 is 0 Å². The highest BCUT2D eigenvalue weighted by molar-refractivity contribution is 5.98. The lowest BCUT2D eigenvalue weighted by atomic mass is 10.1. The lowest BCUT2D eigenvalue weighted by Crippen LogP contribution is -2.30. The van der Waals surface area contributed by atoms with Crippen molar-refractivity contribution in [3.63, 3.8) is 0 Å². The highest BCUT2D eigenvalue weighted by Crippen LogP contribution is 2.38. The summed E-state index contributed by atoms with van der Waals surface area (Å²) < 4.78 is 0. The van der Waals surface area contributed by atoms with E-state index in [0.717, 1.165) is 6.42 Å². The number of hydrogen-bond acceptors (Lipinski definition) is 2. The molecule has 2 rings (SSSR count). The standard InChI is InChI=1S/C15H20N2O2/c1-9(2)16-14(18)11-5-4-6-12(8-11)17-15(19)13-7-10(13)3/h4-6,8-10,13H,7H2,1-3H3,(H,16,18)(H,17,19). The maximum Gasteiger partial charge on any atom is 0.251 e. The summed E-state index contributed by atoms with van der Waals surface area (Å²) in [6.07, 6.45) is 0.958. The Morgan fingerprint density at radius 1 is 1.32 bits per heavy atom. The second-order valence-corrected chi connectivity index (χ2v) is 5.52. The molecule has 2 atom stereocenters. The van der Waals surface area contributed by atoms with E-state index in [1.807, 2.05) is 13.8 Å². The fourth-order valence-corrected chi connectivity index (χ4v) is 2.01. The summed E-state index contributed by atoms with van der Waals surface area (Å²) in [6, 6.07) is 7.13. The van der Waals surface area contributed by atoms with Crippen molar-refractivity contribution in [3.05, 3.63) is 29.8 Å². The predicted molar refractivity (Wildman–Crippen MR) is 74.9 cm³/mol. The summed E-state index contributed by atoms with van der Waals surface area (Å²) in [5.74, 6) is 0.542. The van der Waals surface area contributed by atoms with Crippen LogP contribution in [0.5, 0.6) is 0 Å². The zero-order chi connectivity index (χ0) is 14.0. The molecule has 0 bridgehead atoms. The summed E-state index contributed by atoms with van der Waals surface area (Å²) >= 11 is 0. The van der Waals surface area contributed by atoms with E-state index in [-0.39, 0.29) is 23.8 Å². The first-order valence-electron chi connectivity index (χ1n) is 6.69. The van der Waals surface area contributed by atoms with E-state index < -0.39 is 0 Å². The van der Waals surface area contributed by atoms with Gasteiger partial charge in [0.15, 0.2) is 0 Å². The Labute approximate surface area is 113 Å². The fraction of sp³-hybridized carbons (Fsp3) is 0.467. The number of nitrogens with one attached hydrogen (secondary N) is 2. The molecule has 0 radical (unpaired) electrons. The van der Waals surface area contributed by atoms with Crippen LogP contribution in [0.1, 0.15) is 37.6 Å². The number of anilines is 1. The molecular formula is C15H20N2O2. The molecular weight excluding hydrogens is 240 g/mol. The Morgan fingerprint density at radius 3 is 2.58 bits per heavy atom. The molecule has 4 heteroatoms. The SMILES string of the molecule is CC(C)NC(=O)c1cccc(NC(=O)C2CC2C)c1. The van der Waals surface area contributed by atoms with Gasteiger partial charge in [-0.1, -0.05) is 13.0 Å². The van der Waals surface area contributed by atoms with E-state index >= 15 is 0 Å². The van der Waals surface area contributed by atoms with Crippen molar-refractivity contribution in [2.45, 2.75) is 33.2 Å². The van der Waals surface area contributed by atoms with Gasteiger partial charge in [-0.15, -0.1) is 0 Å². The number of rotatable bonds is 4. The lowest BCUT2D eigenvalue weighted by molar-refractivity contribution is -0.117. The Kier molecular flexibility index (Phi) is 3.88. The van der Waals surface area contributed by atoms with Gasteiger partial charge in [0.05, 0.1) is 0 Å². The van der Waals surface area contributed by atoms with E-state index in [2.05, 4.69) is 17.6 Å². The van der Waals surface area contributed by atoms with Crippen LogP contribution in [-0.4, -0.2) is 17.9 Å². The molecule has 2 N–H and O–H groups in total. The number of carbonyl (C=O) groups excluding carboxylic acids is 2. The molecule has 4 nitrogen and oxygen atoms in total. The van der Waals surface area contributed by atoms with Crippen molar-refractivity contribution < 1.29 is 9.59 Å². The average molecular weight is 260 g/mol. The number of carbonyl (C=O) groups is 2. The monoisotopic (exact) mass is 260 g/mol. The minimum atomic E-state index is -0.120. The third-order valence-corrected chi connectivity index (χ3v) is 3.26. The van der Waals surface area contributed by atoms with E-state index in [1.165, 1.54) is 0 Å². The third kappa shape index (κ3) is 3.56. The van der Waals surface area contributed by atoms with Crippen LogP contribution in [0.3, 0.4) is 0 Å². The molecule has 0 heterocycles. The van der Waals surface area contributed by atoms with Crippen LogP contribution in [0, 0.1) is 11.8 Å². The highest BCUT2D eigenvalue weighted by atomic mass is 16.2. The number of amides is 2. The minimum absolute atomic E-state index is 0.0499. The van der Waals surface area contributed by atoms with Gasteiger partial charge in [-0.3, -0.25) is 9.59 Å². The van der Waals surface area contributed by atoms with Crippen LogP contribution in [-0.2, 0) is 4.79 Å². The van der Waals surface area contributed by atoms with Gasteiger partial charge in [0, 0.05) is 23.2 Å². The summed E-state index contributed by atoms with van der Waals surface area (Å²) in [4.78, 5) is 23.7. The molecule has 0 aromatic heterocycles. The van der Waals surface area contributed by atoms with Gasteiger partial charge >= 0.3 is 0 Å². The number of hydrogen-bond donors (Lipinski definition) is 2. The topological polar surface area (TPSA) is 58.2 Å². The van der Waals surface area contributed by atoms with Gasteiger partial charge in [0.25, 0.3) is 5.91 Å². The average Bonchev–Trinajstić information content (AvgIpc) is 3.06. The van der Waals surface area contributed by atoms with Crippen molar-refractivity contribution in [1.82, 2.24) is 5.32 Å². The van der Waals surface area contributed by atoms with Crippen molar-refractivity contribution in [1.29, 1.82) is 0 Å². The van der Waals surface area contributed by atoms with Gasteiger partial charge in [-0.25, -0.2) is 0 Å². The molecule has 1 aliphatic carbocycles. The van der Waals surface area contributed by atoms with E-state index in [9.17, 15) is 9.59 Å². The van der Waals surface area contributed by atoms with Gasteiger partial charge < -0.3 is 10.6 Å². The minimum Gasteiger partial charge on any atom is -0.350 e. The largest absolute Gasteiger partial charge is 0.350 e. The molecule has 0 saturated heterocycles. The van der Waals surface area contributed by atoms with Gasteiger partial charge in [0.1, 0.15) is 0 Å². The number of benzene rings is 1. The van der Waals surface area contributed by atoms with Gasteiger partial charge in [0.2, 0.25) is 5.91 Å². The van der Waals surface area contributed by atoms with Crippen LogP contribution < -0.4 is 10.6 Å². The maximum atomic E-state index is 11.9. The lowest BCUT2D eigenvalue weighted by Gasteiger charge is -2.10. The summed E-state index contributed by atoms with van der Waals surface area (Å²) in [6.45, 7) is 5.90. The first-order valence-corrected chi connectivity index (χ1v) is 6.69. The zero-order valence-corrected chi connectivity index (χ0v) is 11.6. The quantitative estimate of drug-likeness (QED) is 0.873. The maximum absolute atomic E-state index is 11.9. The first kappa shape index (κ1) is 13.6. The fourth-order valence-electron chi connectivity index (χ4n) is 2.01. The van der Waals surface area contributed by atoms with Crippen LogP contribution in [0.15, 0.2) is 24.3 Å². The van der Waals surface area contributed by atoms with Crippen molar-refractivity contribution >= 4 is 17.5 Å². The van der Waals surface area contributed by atoms with E-state index in [0.29, 0.717) is 17.2 Å². The summed E-state index contributed by atoms with van der Waals surface area (Å²) in [5.41, 5.74) is 1.25. The highest BCUT2D eigenvalue weighted by Gasteiger charge is 2.39. The Bertz CT molecular complexity index is 497. The molecule has 1 aliphatic rings. The van der Waals surface area contributed by atoms with E-state index in [1.54, 1.807) is 24.3 Å². The molecule has 0 aliphatic heterocycles. The molecule has 1 aromatic carbocycles. The molecule has 102 valence electrons.